The van der Waals surface area contributed by atoms with Crippen LogP contribution >= 0.6 is 0 Å². The van der Waals surface area contributed by atoms with Crippen LogP contribution in [0, 0.1) is 6.92 Å². The average Bonchev–Trinajstić information content (AvgIpc) is 2.25. The number of benzene rings is 1. The van der Waals surface area contributed by atoms with Crippen molar-refractivity contribution >= 4 is 5.78 Å². The summed E-state index contributed by atoms with van der Waals surface area (Å²) in [6, 6.07) is 5.77. The minimum absolute atomic E-state index is 0.0746. The van der Waals surface area contributed by atoms with Crippen LogP contribution in [0.5, 0.6) is 5.75 Å². The van der Waals surface area contributed by atoms with Gasteiger partial charge in [0.15, 0.2) is 5.78 Å². The van der Waals surface area contributed by atoms with Crippen molar-refractivity contribution in [3.63, 3.8) is 0 Å². The highest BCUT2D eigenvalue weighted by atomic mass is 16.5. The van der Waals surface area contributed by atoms with Gasteiger partial charge in [-0.05, 0) is 44.9 Å². The molecule has 1 aliphatic rings. The van der Waals surface area contributed by atoms with Gasteiger partial charge in [0.05, 0.1) is 11.7 Å². The molecule has 0 bridgehead atoms. The van der Waals surface area contributed by atoms with Gasteiger partial charge < -0.3 is 10.5 Å². The van der Waals surface area contributed by atoms with Gasteiger partial charge in [0.2, 0.25) is 0 Å². The van der Waals surface area contributed by atoms with Gasteiger partial charge in [-0.25, -0.2) is 0 Å². The summed E-state index contributed by atoms with van der Waals surface area (Å²) >= 11 is 0. The lowest BCUT2D eigenvalue weighted by molar-refractivity contribution is 0.0958. The molecule has 17 heavy (non-hydrogen) atoms. The largest absolute Gasteiger partial charge is 0.490 e. The maximum absolute atomic E-state index is 11.9. The molecule has 1 aromatic rings. The van der Waals surface area contributed by atoms with Crippen LogP contribution in [0.2, 0.25) is 0 Å². The zero-order valence-corrected chi connectivity index (χ0v) is 10.2. The van der Waals surface area contributed by atoms with Gasteiger partial charge in [0, 0.05) is 6.42 Å². The number of carbonyl (C=O) groups excluding carboxylic acids is 1. The van der Waals surface area contributed by atoms with E-state index in [0.717, 1.165) is 24.2 Å². The molecule has 0 aromatic heterocycles. The minimum Gasteiger partial charge on any atom is -0.490 e. The first-order chi connectivity index (χ1) is 8.20. The summed E-state index contributed by atoms with van der Waals surface area (Å²) in [4.78, 5) is 11.9. The lowest BCUT2D eigenvalue weighted by Crippen LogP contribution is -2.25. The smallest absolute Gasteiger partial charge is 0.167 e. The van der Waals surface area contributed by atoms with E-state index in [-0.39, 0.29) is 5.78 Å². The number of aryl methyl sites for hydroxylation is 1. The van der Waals surface area contributed by atoms with E-state index in [1.165, 1.54) is 6.42 Å². The Morgan fingerprint density at radius 1 is 1.47 bits per heavy atom. The maximum Gasteiger partial charge on any atom is 0.167 e. The summed E-state index contributed by atoms with van der Waals surface area (Å²) in [7, 11) is 0. The standard InChI is InChI=1S/C14H19NO2/c1-10-5-6-14(17-11-3-2-4-11)12(9-10)13(16)7-8-15/h5-6,9,11H,2-4,7-8,15H2,1H3. The Morgan fingerprint density at radius 2 is 2.24 bits per heavy atom. The summed E-state index contributed by atoms with van der Waals surface area (Å²) in [5.41, 5.74) is 7.19. The molecule has 0 saturated heterocycles. The van der Waals surface area contributed by atoms with Crippen molar-refractivity contribution in [2.24, 2.45) is 5.73 Å². The van der Waals surface area contributed by atoms with Crippen molar-refractivity contribution in [2.75, 3.05) is 6.54 Å². The number of hydrogen-bond acceptors (Lipinski definition) is 3. The van der Waals surface area contributed by atoms with E-state index in [1.54, 1.807) is 0 Å². The fraction of sp³-hybridized carbons (Fsp3) is 0.500. The summed E-state index contributed by atoms with van der Waals surface area (Å²) in [5, 5.41) is 0. The number of rotatable bonds is 5. The molecule has 1 aromatic carbocycles. The second-order valence-electron chi connectivity index (χ2n) is 4.63. The average molecular weight is 233 g/mol. The van der Waals surface area contributed by atoms with Crippen LogP contribution in [0.4, 0.5) is 0 Å². The van der Waals surface area contributed by atoms with Crippen molar-refractivity contribution in [1.29, 1.82) is 0 Å². The van der Waals surface area contributed by atoms with E-state index in [2.05, 4.69) is 0 Å². The van der Waals surface area contributed by atoms with Crippen LogP contribution in [0.1, 0.15) is 41.6 Å². The number of carbonyl (C=O) groups is 1. The third kappa shape index (κ3) is 2.86. The number of ether oxygens (including phenoxy) is 1. The molecule has 2 N–H and O–H groups in total. The number of nitrogens with two attached hydrogens (primary N) is 1. The van der Waals surface area contributed by atoms with Crippen molar-refractivity contribution in [2.45, 2.75) is 38.7 Å². The predicted octanol–water partition coefficient (Wildman–Crippen LogP) is 2.46. The highest BCUT2D eigenvalue weighted by molar-refractivity contribution is 5.99. The van der Waals surface area contributed by atoms with E-state index in [9.17, 15) is 4.79 Å². The maximum atomic E-state index is 11.9. The van der Waals surface area contributed by atoms with Crippen molar-refractivity contribution in [3.8, 4) is 5.75 Å². The van der Waals surface area contributed by atoms with Gasteiger partial charge in [-0.1, -0.05) is 11.6 Å². The zero-order chi connectivity index (χ0) is 12.3. The lowest BCUT2D eigenvalue weighted by Gasteiger charge is -2.27. The molecule has 0 unspecified atom stereocenters. The Balaban J connectivity index is 2.19. The fourth-order valence-corrected chi connectivity index (χ4v) is 1.90. The summed E-state index contributed by atoms with van der Waals surface area (Å²) in [5.74, 6) is 0.796. The minimum atomic E-state index is 0.0746. The van der Waals surface area contributed by atoms with Gasteiger partial charge in [-0.15, -0.1) is 0 Å². The zero-order valence-electron chi connectivity index (χ0n) is 10.2. The van der Waals surface area contributed by atoms with Gasteiger partial charge in [0.25, 0.3) is 0 Å². The van der Waals surface area contributed by atoms with Gasteiger partial charge >= 0.3 is 0 Å². The first-order valence-corrected chi connectivity index (χ1v) is 6.21. The van der Waals surface area contributed by atoms with Crippen molar-refractivity contribution < 1.29 is 9.53 Å². The molecule has 0 aliphatic heterocycles. The van der Waals surface area contributed by atoms with Crippen LogP contribution in [0.3, 0.4) is 0 Å². The monoisotopic (exact) mass is 233 g/mol. The molecule has 92 valence electrons. The van der Waals surface area contributed by atoms with E-state index >= 15 is 0 Å². The summed E-state index contributed by atoms with van der Waals surface area (Å²) in [6.45, 7) is 2.36. The van der Waals surface area contributed by atoms with Crippen LogP contribution in [0.25, 0.3) is 0 Å². The molecule has 0 radical (unpaired) electrons. The molecule has 1 saturated carbocycles. The van der Waals surface area contributed by atoms with Crippen LogP contribution in [0.15, 0.2) is 18.2 Å². The van der Waals surface area contributed by atoms with Gasteiger partial charge in [0.1, 0.15) is 5.75 Å². The van der Waals surface area contributed by atoms with Crippen LogP contribution in [-0.4, -0.2) is 18.4 Å². The topological polar surface area (TPSA) is 52.3 Å². The second-order valence-corrected chi connectivity index (χ2v) is 4.63. The predicted molar refractivity (Wildman–Crippen MR) is 67.4 cm³/mol. The second kappa shape index (κ2) is 5.32. The van der Waals surface area contributed by atoms with E-state index < -0.39 is 0 Å². The molecule has 1 aliphatic carbocycles. The number of hydrogen-bond donors (Lipinski definition) is 1. The Bertz CT molecular complexity index is 411. The highest BCUT2D eigenvalue weighted by Gasteiger charge is 2.21. The Morgan fingerprint density at radius 3 is 2.82 bits per heavy atom. The first-order valence-electron chi connectivity index (χ1n) is 6.21. The first kappa shape index (κ1) is 12.1. The molecule has 2 rings (SSSR count). The molecular weight excluding hydrogens is 214 g/mol. The Kier molecular flexibility index (Phi) is 3.79. The van der Waals surface area contributed by atoms with Gasteiger partial charge in [-0.2, -0.15) is 0 Å². The quantitative estimate of drug-likeness (QED) is 0.795. The van der Waals surface area contributed by atoms with E-state index in [1.807, 2.05) is 25.1 Å². The number of Topliss-reactive ketones (excluding diaryl/α,β-unsaturated/α-hetero) is 1. The fourth-order valence-electron chi connectivity index (χ4n) is 1.90. The molecule has 1 fully saturated rings. The third-order valence-corrected chi connectivity index (χ3v) is 3.15. The summed E-state index contributed by atoms with van der Waals surface area (Å²) in [6.07, 6.45) is 4.09. The molecule has 3 nitrogen and oxygen atoms in total. The third-order valence-electron chi connectivity index (χ3n) is 3.15. The molecule has 3 heteroatoms. The molecule has 0 amide bonds. The molecule has 0 heterocycles. The molecule has 0 spiro atoms. The van der Waals surface area contributed by atoms with Gasteiger partial charge in [-0.3, -0.25) is 4.79 Å². The lowest BCUT2D eigenvalue weighted by atomic mass is 9.96. The Hall–Kier alpha value is -1.35. The number of ketones is 1. The van der Waals surface area contributed by atoms with Crippen LogP contribution < -0.4 is 10.5 Å². The molecule has 0 atom stereocenters. The summed E-state index contributed by atoms with van der Waals surface area (Å²) < 4.78 is 5.84. The highest BCUT2D eigenvalue weighted by Crippen LogP contribution is 2.28. The van der Waals surface area contributed by atoms with E-state index in [0.29, 0.717) is 24.6 Å². The SMILES string of the molecule is Cc1ccc(OC2CCC2)c(C(=O)CCN)c1. The molecular formula is C14H19NO2. The van der Waals surface area contributed by atoms with Crippen molar-refractivity contribution in [3.05, 3.63) is 29.3 Å². The normalized spacial score (nSPS) is 15.4. The Labute approximate surface area is 102 Å². The van der Waals surface area contributed by atoms with Crippen LogP contribution in [-0.2, 0) is 0 Å². The van der Waals surface area contributed by atoms with E-state index in [4.69, 9.17) is 10.5 Å². The van der Waals surface area contributed by atoms with Crippen molar-refractivity contribution in [1.82, 2.24) is 0 Å².